The summed E-state index contributed by atoms with van der Waals surface area (Å²) in [6.07, 6.45) is 2.66. The lowest BCUT2D eigenvalue weighted by Crippen LogP contribution is -2.40. The van der Waals surface area contributed by atoms with Gasteiger partial charge < -0.3 is 15.2 Å². The molecule has 5 nitrogen and oxygen atoms in total. The van der Waals surface area contributed by atoms with Crippen LogP contribution >= 0.6 is 11.8 Å². The fraction of sp³-hybridized carbons (Fsp3) is 0.500. The average molecular weight is 323 g/mol. The van der Waals surface area contributed by atoms with E-state index >= 15 is 0 Å². The maximum absolute atomic E-state index is 11.9. The molecule has 0 saturated heterocycles. The molecule has 1 aromatic carbocycles. The zero-order valence-electron chi connectivity index (χ0n) is 12.6. The summed E-state index contributed by atoms with van der Waals surface area (Å²) >= 11 is 1.60. The van der Waals surface area contributed by atoms with Crippen LogP contribution in [-0.4, -0.2) is 35.9 Å². The molecule has 0 unspecified atom stereocenters. The van der Waals surface area contributed by atoms with Crippen LogP contribution in [0.1, 0.15) is 25.7 Å². The van der Waals surface area contributed by atoms with E-state index in [1.807, 2.05) is 24.3 Å². The highest BCUT2D eigenvalue weighted by molar-refractivity contribution is 7.99. The number of ether oxygens (including phenoxy) is 1. The van der Waals surface area contributed by atoms with Gasteiger partial charge in [-0.3, -0.25) is 9.59 Å². The monoisotopic (exact) mass is 323 g/mol. The van der Waals surface area contributed by atoms with Gasteiger partial charge in [-0.05, 0) is 37.1 Å². The van der Waals surface area contributed by atoms with Crippen LogP contribution in [0.15, 0.2) is 29.2 Å². The van der Waals surface area contributed by atoms with Crippen molar-refractivity contribution in [3.8, 4) is 5.75 Å². The van der Waals surface area contributed by atoms with Crippen molar-refractivity contribution in [3.05, 3.63) is 24.3 Å². The van der Waals surface area contributed by atoms with Gasteiger partial charge in [0.1, 0.15) is 5.75 Å². The smallest absolute Gasteiger partial charge is 0.308 e. The van der Waals surface area contributed by atoms with Crippen LogP contribution in [-0.2, 0) is 9.59 Å². The summed E-state index contributed by atoms with van der Waals surface area (Å²) in [6.45, 7) is 0. The van der Waals surface area contributed by atoms with Crippen LogP contribution < -0.4 is 10.1 Å². The Labute approximate surface area is 134 Å². The number of carboxylic acids is 1. The van der Waals surface area contributed by atoms with Crippen LogP contribution in [0, 0.1) is 5.92 Å². The molecule has 1 saturated carbocycles. The second-order valence-electron chi connectivity index (χ2n) is 5.32. The van der Waals surface area contributed by atoms with Crippen LogP contribution in [0.3, 0.4) is 0 Å². The first-order valence-corrected chi connectivity index (χ1v) is 8.37. The van der Waals surface area contributed by atoms with Crippen LogP contribution in [0.5, 0.6) is 5.75 Å². The van der Waals surface area contributed by atoms with Crippen molar-refractivity contribution < 1.29 is 19.4 Å². The van der Waals surface area contributed by atoms with E-state index in [-0.39, 0.29) is 11.9 Å². The summed E-state index contributed by atoms with van der Waals surface area (Å²) in [5, 5.41) is 12.0. The van der Waals surface area contributed by atoms with Crippen LogP contribution in [0.25, 0.3) is 0 Å². The molecule has 1 fully saturated rings. The summed E-state index contributed by atoms with van der Waals surface area (Å²) in [6, 6.07) is 7.48. The van der Waals surface area contributed by atoms with E-state index in [0.717, 1.165) is 23.5 Å². The normalized spacial score (nSPS) is 20.6. The maximum Gasteiger partial charge on any atom is 0.308 e. The third-order valence-corrected chi connectivity index (χ3v) is 4.85. The average Bonchev–Trinajstić information content (AvgIpc) is 2.96. The summed E-state index contributed by atoms with van der Waals surface area (Å²) < 4.78 is 5.09. The Kier molecular flexibility index (Phi) is 6.12. The fourth-order valence-corrected chi connectivity index (χ4v) is 3.49. The lowest BCUT2D eigenvalue weighted by Gasteiger charge is -2.17. The minimum absolute atomic E-state index is 0.0702. The van der Waals surface area contributed by atoms with E-state index < -0.39 is 11.9 Å². The van der Waals surface area contributed by atoms with Crippen molar-refractivity contribution in [3.63, 3.8) is 0 Å². The number of methoxy groups -OCH3 is 1. The Bertz CT molecular complexity index is 517. The van der Waals surface area contributed by atoms with Gasteiger partial charge in [-0.25, -0.2) is 0 Å². The molecule has 1 aliphatic carbocycles. The molecular weight excluding hydrogens is 302 g/mol. The summed E-state index contributed by atoms with van der Waals surface area (Å²) in [4.78, 5) is 24.1. The molecule has 0 radical (unpaired) electrons. The van der Waals surface area contributed by atoms with Crippen molar-refractivity contribution >= 4 is 23.6 Å². The molecule has 2 atom stereocenters. The second-order valence-corrected chi connectivity index (χ2v) is 6.49. The number of carboxylic acid groups (broad SMARTS) is 1. The van der Waals surface area contributed by atoms with E-state index in [0.29, 0.717) is 18.6 Å². The molecule has 1 aromatic rings. The second kappa shape index (κ2) is 8.08. The number of carbonyl (C=O) groups excluding carboxylic acids is 1. The van der Waals surface area contributed by atoms with Crippen molar-refractivity contribution in [2.75, 3.05) is 12.9 Å². The summed E-state index contributed by atoms with van der Waals surface area (Å²) in [5.74, 6) is 0.165. The third-order valence-electron chi connectivity index (χ3n) is 3.84. The first-order valence-electron chi connectivity index (χ1n) is 7.39. The Balaban J connectivity index is 1.72. The number of aliphatic carboxylic acids is 1. The molecule has 120 valence electrons. The number of hydrogen-bond donors (Lipinski definition) is 2. The first kappa shape index (κ1) is 16.7. The first-order chi connectivity index (χ1) is 10.6. The standard InChI is InChI=1S/C16H21NO4S/c1-21-11-5-7-12(8-6-11)22-10-9-15(18)17-14-4-2-3-13(14)16(19)20/h5-8,13-14H,2-4,9-10H2,1H3,(H,17,18)(H,19,20)/t13-,14+/m0/s1. The molecule has 6 heteroatoms. The van der Waals surface area contributed by atoms with Gasteiger partial charge in [0.05, 0.1) is 13.0 Å². The van der Waals surface area contributed by atoms with Gasteiger partial charge in [-0.1, -0.05) is 6.42 Å². The Morgan fingerprint density at radius 1 is 1.32 bits per heavy atom. The predicted octanol–water partition coefficient (Wildman–Crippen LogP) is 2.55. The van der Waals surface area contributed by atoms with Crippen LogP contribution in [0.4, 0.5) is 0 Å². The summed E-state index contributed by atoms with van der Waals surface area (Å²) in [5.41, 5.74) is 0. The predicted molar refractivity (Wildman–Crippen MR) is 85.2 cm³/mol. The quantitative estimate of drug-likeness (QED) is 0.754. The molecule has 1 aliphatic rings. The summed E-state index contributed by atoms with van der Waals surface area (Å²) in [7, 11) is 1.62. The molecule has 0 bridgehead atoms. The number of benzene rings is 1. The fourth-order valence-electron chi connectivity index (χ4n) is 2.64. The molecule has 0 spiro atoms. The molecule has 2 N–H and O–H groups in total. The lowest BCUT2D eigenvalue weighted by atomic mass is 10.0. The van der Waals surface area contributed by atoms with Gasteiger partial charge in [0.2, 0.25) is 5.91 Å². The van der Waals surface area contributed by atoms with Gasteiger partial charge in [0, 0.05) is 23.1 Å². The molecule has 0 aromatic heterocycles. The Morgan fingerprint density at radius 3 is 2.68 bits per heavy atom. The third kappa shape index (κ3) is 4.66. The lowest BCUT2D eigenvalue weighted by molar-refractivity contribution is -0.142. The minimum Gasteiger partial charge on any atom is -0.497 e. The van der Waals surface area contributed by atoms with Crippen molar-refractivity contribution in [1.29, 1.82) is 0 Å². The number of carbonyl (C=O) groups is 2. The molecule has 2 rings (SSSR count). The molecule has 22 heavy (non-hydrogen) atoms. The number of amides is 1. The van der Waals surface area contributed by atoms with Gasteiger partial charge in [-0.2, -0.15) is 0 Å². The van der Waals surface area contributed by atoms with E-state index in [4.69, 9.17) is 9.84 Å². The van der Waals surface area contributed by atoms with Gasteiger partial charge in [0.25, 0.3) is 0 Å². The number of nitrogens with one attached hydrogen (secondary N) is 1. The molecule has 0 heterocycles. The number of rotatable bonds is 7. The highest BCUT2D eigenvalue weighted by atomic mass is 32.2. The van der Waals surface area contributed by atoms with E-state index in [1.54, 1.807) is 18.9 Å². The van der Waals surface area contributed by atoms with Crippen LogP contribution in [0.2, 0.25) is 0 Å². The van der Waals surface area contributed by atoms with E-state index in [1.165, 1.54) is 0 Å². The van der Waals surface area contributed by atoms with E-state index in [9.17, 15) is 9.59 Å². The molecule has 1 amide bonds. The number of thioether (sulfide) groups is 1. The van der Waals surface area contributed by atoms with Gasteiger partial charge in [0.15, 0.2) is 0 Å². The Hall–Kier alpha value is -1.69. The highest BCUT2D eigenvalue weighted by Gasteiger charge is 2.33. The van der Waals surface area contributed by atoms with Gasteiger partial charge in [-0.15, -0.1) is 11.8 Å². The van der Waals surface area contributed by atoms with Crippen molar-refractivity contribution in [2.24, 2.45) is 5.92 Å². The minimum atomic E-state index is -0.810. The van der Waals surface area contributed by atoms with Crippen molar-refractivity contribution in [1.82, 2.24) is 5.32 Å². The van der Waals surface area contributed by atoms with Crippen molar-refractivity contribution in [2.45, 2.75) is 36.6 Å². The zero-order chi connectivity index (χ0) is 15.9. The zero-order valence-corrected chi connectivity index (χ0v) is 13.4. The topological polar surface area (TPSA) is 75.6 Å². The maximum atomic E-state index is 11.9. The van der Waals surface area contributed by atoms with E-state index in [2.05, 4.69) is 5.32 Å². The number of hydrogen-bond acceptors (Lipinski definition) is 4. The largest absolute Gasteiger partial charge is 0.497 e. The SMILES string of the molecule is COc1ccc(SCCC(=O)N[C@@H]2CCC[C@@H]2C(=O)O)cc1. The van der Waals surface area contributed by atoms with Gasteiger partial charge >= 0.3 is 5.97 Å². The Morgan fingerprint density at radius 2 is 2.05 bits per heavy atom. The molecule has 0 aliphatic heterocycles. The molecular formula is C16H21NO4S. The highest BCUT2D eigenvalue weighted by Crippen LogP contribution is 2.26.